The van der Waals surface area contributed by atoms with E-state index in [1.807, 2.05) is 29.9 Å². The zero-order valence-corrected chi connectivity index (χ0v) is 13.4. The topological polar surface area (TPSA) is 54.2 Å². The van der Waals surface area contributed by atoms with Crippen molar-refractivity contribution in [3.8, 4) is 0 Å². The number of rotatable bonds is 4. The molecule has 5 nitrogen and oxygen atoms in total. The third-order valence-corrected chi connectivity index (χ3v) is 4.57. The highest BCUT2D eigenvalue weighted by Gasteiger charge is 2.28. The Bertz CT molecular complexity index is 622. The fraction of sp³-hybridized carbons (Fsp3) is 0.500. The van der Waals surface area contributed by atoms with Gasteiger partial charge in [0.1, 0.15) is 17.1 Å². The number of aliphatic hydroxyl groups excluding tert-OH is 1. The lowest BCUT2D eigenvalue weighted by atomic mass is 9.90. The van der Waals surface area contributed by atoms with Crippen LogP contribution in [0.5, 0.6) is 0 Å². The van der Waals surface area contributed by atoms with E-state index in [1.54, 1.807) is 12.3 Å². The molecule has 1 N–H and O–H groups in total. The molecule has 1 unspecified atom stereocenters. The van der Waals surface area contributed by atoms with Crippen molar-refractivity contribution in [2.24, 2.45) is 13.0 Å². The first-order valence-electron chi connectivity index (χ1n) is 7.62. The van der Waals surface area contributed by atoms with Gasteiger partial charge in [-0.15, -0.1) is 0 Å². The molecule has 3 rings (SSSR count). The van der Waals surface area contributed by atoms with Gasteiger partial charge in [-0.05, 0) is 44.0 Å². The predicted molar refractivity (Wildman–Crippen MR) is 85.4 cm³/mol. The summed E-state index contributed by atoms with van der Waals surface area (Å²) < 4.78 is 1.90. The Kier molecular flexibility index (Phi) is 4.76. The lowest BCUT2D eigenvalue weighted by Gasteiger charge is -2.33. The molecular formula is C16H21ClN4O. The van der Waals surface area contributed by atoms with Crippen molar-refractivity contribution in [3.63, 3.8) is 0 Å². The number of likely N-dealkylation sites (tertiary alicyclic amines) is 1. The number of piperidine rings is 1. The molecule has 118 valence electrons. The number of hydrogen-bond acceptors (Lipinski definition) is 4. The van der Waals surface area contributed by atoms with E-state index in [4.69, 9.17) is 11.6 Å². The van der Waals surface area contributed by atoms with E-state index in [2.05, 4.69) is 14.9 Å². The number of hydrogen-bond donors (Lipinski definition) is 1. The van der Waals surface area contributed by atoms with Gasteiger partial charge in [-0.2, -0.15) is 0 Å². The second-order valence-corrected chi connectivity index (χ2v) is 6.29. The first kappa shape index (κ1) is 15.5. The molecule has 6 heteroatoms. The first-order valence-corrected chi connectivity index (χ1v) is 8.00. The van der Waals surface area contributed by atoms with Crippen LogP contribution in [0.1, 0.15) is 30.5 Å². The van der Waals surface area contributed by atoms with Crippen molar-refractivity contribution in [2.45, 2.75) is 25.5 Å². The number of pyridine rings is 1. The molecule has 0 aromatic carbocycles. The SMILES string of the molecule is Cn1ccnc1C(O)C1CCN(Cc2cccc(Cl)n2)CC1. The highest BCUT2D eigenvalue weighted by Crippen LogP contribution is 2.30. The van der Waals surface area contributed by atoms with Gasteiger partial charge in [0.2, 0.25) is 0 Å². The molecule has 2 aromatic heterocycles. The first-order chi connectivity index (χ1) is 10.6. The fourth-order valence-electron chi connectivity index (χ4n) is 3.07. The smallest absolute Gasteiger partial charge is 0.137 e. The van der Waals surface area contributed by atoms with Crippen molar-refractivity contribution >= 4 is 11.6 Å². The van der Waals surface area contributed by atoms with Gasteiger partial charge in [-0.25, -0.2) is 9.97 Å². The zero-order chi connectivity index (χ0) is 15.5. The summed E-state index contributed by atoms with van der Waals surface area (Å²) in [5.74, 6) is 1.03. The van der Waals surface area contributed by atoms with E-state index in [9.17, 15) is 5.11 Å². The Morgan fingerprint density at radius 1 is 1.36 bits per heavy atom. The standard InChI is InChI=1S/C16H21ClN4O/c1-20-10-7-18-16(20)15(22)12-5-8-21(9-6-12)11-13-3-2-4-14(17)19-13/h2-4,7,10,12,15,22H,5-6,8-9,11H2,1H3. The van der Waals surface area contributed by atoms with Crippen LogP contribution in [-0.4, -0.2) is 37.6 Å². The van der Waals surface area contributed by atoms with Crippen LogP contribution in [0.4, 0.5) is 0 Å². The molecule has 0 spiro atoms. The summed E-state index contributed by atoms with van der Waals surface area (Å²) in [5.41, 5.74) is 0.996. The maximum absolute atomic E-state index is 10.5. The fourth-order valence-corrected chi connectivity index (χ4v) is 3.25. The van der Waals surface area contributed by atoms with Gasteiger partial charge in [-0.3, -0.25) is 4.90 Å². The second kappa shape index (κ2) is 6.77. The largest absolute Gasteiger partial charge is 0.385 e. The monoisotopic (exact) mass is 320 g/mol. The maximum atomic E-state index is 10.5. The molecule has 3 heterocycles. The molecule has 1 saturated heterocycles. The average Bonchev–Trinajstić information content (AvgIpc) is 2.93. The van der Waals surface area contributed by atoms with Gasteiger partial charge in [0.25, 0.3) is 0 Å². The number of halogens is 1. The number of aryl methyl sites for hydroxylation is 1. The van der Waals surface area contributed by atoms with Gasteiger partial charge in [-0.1, -0.05) is 17.7 Å². The minimum absolute atomic E-state index is 0.268. The van der Waals surface area contributed by atoms with Gasteiger partial charge in [0.05, 0.1) is 5.69 Å². The van der Waals surface area contributed by atoms with E-state index < -0.39 is 6.10 Å². The van der Waals surface area contributed by atoms with E-state index in [0.717, 1.165) is 44.0 Å². The highest BCUT2D eigenvalue weighted by atomic mass is 35.5. The zero-order valence-electron chi connectivity index (χ0n) is 12.7. The minimum atomic E-state index is -0.480. The summed E-state index contributed by atoms with van der Waals surface area (Å²) >= 11 is 5.93. The summed E-state index contributed by atoms with van der Waals surface area (Å²) in [5, 5.41) is 11.0. The Hall–Kier alpha value is -1.43. The van der Waals surface area contributed by atoms with Crippen LogP contribution in [0.15, 0.2) is 30.6 Å². The summed E-state index contributed by atoms with van der Waals surface area (Å²) in [7, 11) is 1.92. The van der Waals surface area contributed by atoms with Crippen LogP contribution in [0, 0.1) is 5.92 Å². The van der Waals surface area contributed by atoms with E-state index >= 15 is 0 Å². The lowest BCUT2D eigenvalue weighted by Crippen LogP contribution is -2.35. The van der Waals surface area contributed by atoms with Crippen LogP contribution < -0.4 is 0 Å². The molecule has 22 heavy (non-hydrogen) atoms. The van der Waals surface area contributed by atoms with Crippen molar-refractivity contribution < 1.29 is 5.11 Å². The minimum Gasteiger partial charge on any atom is -0.385 e. The lowest BCUT2D eigenvalue weighted by molar-refractivity contribution is 0.0489. The molecule has 1 fully saturated rings. The molecular weight excluding hydrogens is 300 g/mol. The van der Waals surface area contributed by atoms with Gasteiger partial charge in [0.15, 0.2) is 0 Å². The van der Waals surface area contributed by atoms with Crippen molar-refractivity contribution in [1.29, 1.82) is 0 Å². The normalized spacial score (nSPS) is 18.5. The summed E-state index contributed by atoms with van der Waals surface area (Å²) in [4.78, 5) is 11.0. The third-order valence-electron chi connectivity index (χ3n) is 4.36. The Morgan fingerprint density at radius 3 is 2.77 bits per heavy atom. The Labute approximate surface area is 135 Å². The van der Waals surface area contributed by atoms with Gasteiger partial charge in [0, 0.05) is 26.0 Å². The summed E-state index contributed by atoms with van der Waals surface area (Å²) in [6, 6.07) is 5.73. The predicted octanol–water partition coefficient (Wildman–Crippen LogP) is 2.41. The maximum Gasteiger partial charge on any atom is 0.137 e. The van der Waals surface area contributed by atoms with Crippen LogP contribution in [0.2, 0.25) is 5.15 Å². The molecule has 1 atom stereocenters. The highest BCUT2D eigenvalue weighted by molar-refractivity contribution is 6.29. The molecule has 2 aromatic rings. The van der Waals surface area contributed by atoms with E-state index in [-0.39, 0.29) is 5.92 Å². The average molecular weight is 321 g/mol. The number of nitrogens with zero attached hydrogens (tertiary/aromatic N) is 4. The van der Waals surface area contributed by atoms with Crippen LogP contribution in [0.3, 0.4) is 0 Å². The number of imidazole rings is 1. The van der Waals surface area contributed by atoms with Crippen LogP contribution in [-0.2, 0) is 13.6 Å². The number of aromatic nitrogens is 3. The van der Waals surface area contributed by atoms with Crippen LogP contribution >= 0.6 is 11.6 Å². The molecule has 0 bridgehead atoms. The second-order valence-electron chi connectivity index (χ2n) is 5.91. The summed E-state index contributed by atoms with van der Waals surface area (Å²) in [6.45, 7) is 2.73. The molecule has 0 saturated carbocycles. The number of aliphatic hydroxyl groups is 1. The third kappa shape index (κ3) is 3.48. The molecule has 0 radical (unpaired) electrons. The molecule has 0 aliphatic carbocycles. The molecule has 1 aliphatic heterocycles. The van der Waals surface area contributed by atoms with Gasteiger partial charge >= 0.3 is 0 Å². The van der Waals surface area contributed by atoms with Crippen molar-refractivity contribution in [1.82, 2.24) is 19.4 Å². The van der Waals surface area contributed by atoms with Gasteiger partial charge < -0.3 is 9.67 Å². The Balaban J connectivity index is 1.55. The van der Waals surface area contributed by atoms with Crippen LogP contribution in [0.25, 0.3) is 0 Å². The summed E-state index contributed by atoms with van der Waals surface area (Å²) in [6.07, 6.45) is 5.06. The molecule has 0 amide bonds. The van der Waals surface area contributed by atoms with E-state index in [0.29, 0.717) is 5.15 Å². The van der Waals surface area contributed by atoms with Crippen molar-refractivity contribution in [3.05, 3.63) is 47.3 Å². The molecule has 1 aliphatic rings. The van der Waals surface area contributed by atoms with Crippen molar-refractivity contribution in [2.75, 3.05) is 13.1 Å². The van der Waals surface area contributed by atoms with E-state index in [1.165, 1.54) is 0 Å². The quantitative estimate of drug-likeness (QED) is 0.879. The Morgan fingerprint density at radius 2 is 2.14 bits per heavy atom.